The fraction of sp³-hybridized carbons (Fsp3) is 0.143. The molecular formula is C14H13O2. The van der Waals surface area contributed by atoms with Crippen LogP contribution in [-0.2, 0) is 9.53 Å². The van der Waals surface area contributed by atoms with Gasteiger partial charge in [-0.05, 0) is 24.3 Å². The first-order chi connectivity index (χ1) is 7.85. The van der Waals surface area contributed by atoms with Crippen LogP contribution in [-0.4, -0.2) is 13.4 Å². The minimum atomic E-state index is 0.180. The third-order valence-corrected chi connectivity index (χ3v) is 2.63. The normalized spacial score (nSPS) is 23.2. The molecule has 1 atom stereocenters. The lowest BCUT2D eigenvalue weighted by atomic mass is 9.77. The first-order valence-electron chi connectivity index (χ1n) is 5.16. The van der Waals surface area contributed by atoms with Gasteiger partial charge in [-0.2, -0.15) is 0 Å². The average molecular weight is 213 g/mol. The number of carbonyl (C=O) groups excluding carboxylic acids is 1. The van der Waals surface area contributed by atoms with E-state index in [1.54, 1.807) is 7.11 Å². The monoisotopic (exact) mass is 213 g/mol. The molecule has 0 aromatic heterocycles. The molecule has 1 unspecified atom stereocenters. The van der Waals surface area contributed by atoms with Crippen molar-refractivity contribution in [3.05, 3.63) is 67.2 Å². The molecule has 0 spiro atoms. The molecule has 0 heterocycles. The van der Waals surface area contributed by atoms with Crippen LogP contribution in [0.15, 0.2) is 30.3 Å². The van der Waals surface area contributed by atoms with Crippen LogP contribution >= 0.6 is 0 Å². The lowest BCUT2D eigenvalue weighted by molar-refractivity contribution is -0.106. The Labute approximate surface area is 96.6 Å². The van der Waals surface area contributed by atoms with Crippen molar-refractivity contribution in [3.63, 3.8) is 0 Å². The molecule has 16 heavy (non-hydrogen) atoms. The molecular weight excluding hydrogens is 200 g/mol. The Balaban J connectivity index is 2.07. The van der Waals surface area contributed by atoms with Crippen LogP contribution < -0.4 is 0 Å². The molecule has 1 fully saturated rings. The summed E-state index contributed by atoms with van der Waals surface area (Å²) in [6, 6.07) is 10.1. The van der Waals surface area contributed by atoms with E-state index < -0.39 is 0 Å². The van der Waals surface area contributed by atoms with Gasteiger partial charge in [0, 0.05) is 13.5 Å². The third kappa shape index (κ3) is 2.33. The number of hydrogen-bond donors (Lipinski definition) is 0. The number of carbonyl (C=O) groups is 1. The van der Waals surface area contributed by atoms with E-state index in [0.29, 0.717) is 12.0 Å². The van der Waals surface area contributed by atoms with Gasteiger partial charge in [0.1, 0.15) is 12.4 Å². The average Bonchev–Trinajstić information content (AvgIpc) is 2.39. The van der Waals surface area contributed by atoms with E-state index in [-0.39, 0.29) is 5.92 Å². The molecule has 1 aliphatic carbocycles. The fourth-order valence-corrected chi connectivity index (χ4v) is 1.77. The number of benzene rings is 1. The molecule has 1 aromatic carbocycles. The SMILES string of the molecule is CO[C]1[CH]C(c2ccccc2)[CH][CH][C]1C=O. The highest BCUT2D eigenvalue weighted by atomic mass is 16.5. The summed E-state index contributed by atoms with van der Waals surface area (Å²) in [5.74, 6) is 0.773. The molecule has 0 aliphatic heterocycles. The Kier molecular flexibility index (Phi) is 3.73. The minimum Gasteiger partial charge on any atom is -0.374 e. The summed E-state index contributed by atoms with van der Waals surface area (Å²) >= 11 is 0. The summed E-state index contributed by atoms with van der Waals surface area (Å²) < 4.78 is 5.19. The zero-order valence-corrected chi connectivity index (χ0v) is 9.09. The van der Waals surface area contributed by atoms with Gasteiger partial charge in [0.2, 0.25) is 0 Å². The summed E-state index contributed by atoms with van der Waals surface area (Å²) in [6.07, 6.45) is 7.23. The van der Waals surface area contributed by atoms with E-state index in [1.165, 1.54) is 5.56 Å². The Morgan fingerprint density at radius 1 is 1.25 bits per heavy atom. The number of rotatable bonds is 3. The molecule has 81 valence electrons. The maximum atomic E-state index is 10.8. The van der Waals surface area contributed by atoms with Crippen LogP contribution in [0, 0.1) is 31.3 Å². The third-order valence-electron chi connectivity index (χ3n) is 2.63. The van der Waals surface area contributed by atoms with Crippen molar-refractivity contribution in [2.75, 3.05) is 7.11 Å². The van der Waals surface area contributed by atoms with Crippen molar-refractivity contribution in [1.82, 2.24) is 0 Å². The molecule has 2 rings (SSSR count). The van der Waals surface area contributed by atoms with Gasteiger partial charge in [-0.1, -0.05) is 30.3 Å². The second-order valence-electron chi connectivity index (χ2n) is 3.60. The van der Waals surface area contributed by atoms with Crippen molar-refractivity contribution in [2.24, 2.45) is 0 Å². The predicted molar refractivity (Wildman–Crippen MR) is 61.6 cm³/mol. The zero-order valence-electron chi connectivity index (χ0n) is 9.09. The first kappa shape index (κ1) is 11.3. The van der Waals surface area contributed by atoms with Crippen LogP contribution in [0.3, 0.4) is 0 Å². The summed E-state index contributed by atoms with van der Waals surface area (Å²) in [6.45, 7) is 0. The zero-order chi connectivity index (χ0) is 11.4. The fourth-order valence-electron chi connectivity index (χ4n) is 1.77. The minimum absolute atomic E-state index is 0.180. The van der Waals surface area contributed by atoms with Crippen molar-refractivity contribution in [2.45, 2.75) is 5.92 Å². The molecule has 1 aromatic rings. The maximum absolute atomic E-state index is 10.8. The van der Waals surface area contributed by atoms with Crippen molar-refractivity contribution < 1.29 is 9.53 Å². The Morgan fingerprint density at radius 3 is 2.62 bits per heavy atom. The summed E-state index contributed by atoms with van der Waals surface area (Å²) in [5.41, 5.74) is 1.19. The van der Waals surface area contributed by atoms with Crippen LogP contribution in [0.5, 0.6) is 0 Å². The van der Waals surface area contributed by atoms with Gasteiger partial charge >= 0.3 is 0 Å². The van der Waals surface area contributed by atoms with E-state index in [0.717, 1.165) is 6.29 Å². The van der Waals surface area contributed by atoms with E-state index in [1.807, 2.05) is 37.5 Å². The van der Waals surface area contributed by atoms with E-state index >= 15 is 0 Å². The van der Waals surface area contributed by atoms with Crippen molar-refractivity contribution >= 4 is 6.29 Å². The highest BCUT2D eigenvalue weighted by Crippen LogP contribution is 2.39. The molecule has 0 amide bonds. The topological polar surface area (TPSA) is 26.3 Å². The Bertz CT molecular complexity index is 334. The quantitative estimate of drug-likeness (QED) is 0.720. The summed E-state index contributed by atoms with van der Waals surface area (Å²) in [7, 11) is 1.58. The standard InChI is InChI=1S/C14H13O2/c1-16-14-9-12(7-8-13(14)10-15)11-5-3-2-4-6-11/h2-10,12H,1H3. The van der Waals surface area contributed by atoms with Gasteiger partial charge in [0.25, 0.3) is 0 Å². The van der Waals surface area contributed by atoms with Crippen molar-refractivity contribution in [1.29, 1.82) is 0 Å². The number of hydrogen-bond acceptors (Lipinski definition) is 2. The summed E-state index contributed by atoms with van der Waals surface area (Å²) in [5, 5.41) is 0. The van der Waals surface area contributed by atoms with Gasteiger partial charge in [-0.3, -0.25) is 0 Å². The molecule has 0 N–H and O–H groups in total. The van der Waals surface area contributed by atoms with Crippen LogP contribution in [0.1, 0.15) is 11.5 Å². The lowest BCUT2D eigenvalue weighted by Crippen LogP contribution is -2.24. The second-order valence-corrected chi connectivity index (χ2v) is 3.60. The smallest absolute Gasteiger partial charge is 0.130 e. The molecule has 5 radical (unpaired) electrons. The molecule has 0 bridgehead atoms. The molecule has 1 aliphatic rings. The number of aldehydes is 1. The molecule has 2 heteroatoms. The van der Waals surface area contributed by atoms with E-state index in [4.69, 9.17) is 4.74 Å². The Morgan fingerprint density at radius 2 is 2.00 bits per heavy atom. The Hall–Kier alpha value is -1.15. The van der Waals surface area contributed by atoms with Crippen LogP contribution in [0.2, 0.25) is 0 Å². The maximum Gasteiger partial charge on any atom is 0.130 e. The van der Waals surface area contributed by atoms with E-state index in [9.17, 15) is 4.79 Å². The van der Waals surface area contributed by atoms with Crippen molar-refractivity contribution in [3.8, 4) is 0 Å². The van der Waals surface area contributed by atoms with E-state index in [2.05, 4.69) is 12.1 Å². The first-order valence-corrected chi connectivity index (χ1v) is 5.16. The van der Waals surface area contributed by atoms with Gasteiger partial charge < -0.3 is 9.53 Å². The van der Waals surface area contributed by atoms with Crippen LogP contribution in [0.4, 0.5) is 0 Å². The molecule has 2 nitrogen and oxygen atoms in total. The van der Waals surface area contributed by atoms with Gasteiger partial charge in [0.15, 0.2) is 0 Å². The molecule has 0 saturated heterocycles. The lowest BCUT2D eigenvalue weighted by Gasteiger charge is -2.30. The van der Waals surface area contributed by atoms with Gasteiger partial charge in [-0.15, -0.1) is 0 Å². The van der Waals surface area contributed by atoms with Gasteiger partial charge in [0.05, 0.1) is 5.92 Å². The second kappa shape index (κ2) is 5.26. The largest absolute Gasteiger partial charge is 0.374 e. The highest BCUT2D eigenvalue weighted by Gasteiger charge is 2.33. The molecule has 1 saturated carbocycles. The number of methoxy groups -OCH3 is 1. The van der Waals surface area contributed by atoms with Crippen LogP contribution in [0.25, 0.3) is 0 Å². The predicted octanol–water partition coefficient (Wildman–Crippen LogP) is 2.35. The van der Waals surface area contributed by atoms with Gasteiger partial charge in [-0.25, -0.2) is 0 Å². The summed E-state index contributed by atoms with van der Waals surface area (Å²) in [4.78, 5) is 10.8. The number of ether oxygens (including phenoxy) is 1. The highest BCUT2D eigenvalue weighted by molar-refractivity contribution is 5.78.